The molecule has 0 saturated carbocycles. The second kappa shape index (κ2) is 5.72. The summed E-state index contributed by atoms with van der Waals surface area (Å²) < 4.78 is 45.7. The number of halogens is 3. The van der Waals surface area contributed by atoms with Crippen LogP contribution in [0.4, 0.5) is 13.2 Å². The van der Waals surface area contributed by atoms with E-state index >= 15 is 0 Å². The standard InChI is InChI=1S/C19H14F3N3O/c1-11-9-23-10-13-4-3-12(7-15(11)13)14-5-6-18(26-2)25-16(14)8-17(24-25)19(20,21)22/h3-10H,1-2H3. The SMILES string of the molecule is COc1ccc(-c2ccc3cncc(C)c3c2)c2cc(C(F)(F)F)nn12. The lowest BCUT2D eigenvalue weighted by molar-refractivity contribution is -0.141. The highest BCUT2D eigenvalue weighted by Crippen LogP contribution is 2.35. The number of hydrogen-bond donors (Lipinski definition) is 0. The third-order valence-corrected chi connectivity index (χ3v) is 4.36. The number of pyridine rings is 2. The molecular formula is C19H14F3N3O. The first-order valence-electron chi connectivity index (χ1n) is 7.87. The van der Waals surface area contributed by atoms with Crippen LogP contribution in [0, 0.1) is 6.92 Å². The fraction of sp³-hybridized carbons (Fsp3) is 0.158. The molecule has 1 aromatic carbocycles. The van der Waals surface area contributed by atoms with Crippen LogP contribution in [-0.2, 0) is 6.18 Å². The van der Waals surface area contributed by atoms with Crippen LogP contribution < -0.4 is 4.74 Å². The number of benzene rings is 1. The molecule has 4 nitrogen and oxygen atoms in total. The quantitative estimate of drug-likeness (QED) is 0.513. The number of aryl methyl sites for hydroxylation is 1. The lowest BCUT2D eigenvalue weighted by Crippen LogP contribution is -2.06. The number of nitrogens with zero attached hydrogens (tertiary/aromatic N) is 3. The van der Waals surface area contributed by atoms with Crippen molar-refractivity contribution in [1.82, 2.24) is 14.6 Å². The molecule has 7 heteroatoms. The Hall–Kier alpha value is -3.09. The van der Waals surface area contributed by atoms with E-state index in [-0.39, 0.29) is 5.88 Å². The Bertz CT molecular complexity index is 1130. The first-order chi connectivity index (χ1) is 12.4. The van der Waals surface area contributed by atoms with E-state index in [0.29, 0.717) is 11.1 Å². The zero-order valence-corrected chi connectivity index (χ0v) is 14.0. The van der Waals surface area contributed by atoms with Crippen LogP contribution in [0.15, 0.2) is 48.8 Å². The molecule has 0 radical (unpaired) electrons. The van der Waals surface area contributed by atoms with Crippen molar-refractivity contribution in [3.05, 3.63) is 60.0 Å². The van der Waals surface area contributed by atoms with Gasteiger partial charge in [-0.05, 0) is 41.6 Å². The van der Waals surface area contributed by atoms with E-state index in [1.807, 2.05) is 25.1 Å². The van der Waals surface area contributed by atoms with Gasteiger partial charge in [-0.15, -0.1) is 0 Å². The summed E-state index contributed by atoms with van der Waals surface area (Å²) in [5, 5.41) is 5.65. The van der Waals surface area contributed by atoms with Gasteiger partial charge in [0.05, 0.1) is 12.6 Å². The molecule has 0 spiro atoms. The van der Waals surface area contributed by atoms with Gasteiger partial charge in [0, 0.05) is 29.4 Å². The molecule has 0 aliphatic heterocycles. The fourth-order valence-corrected chi connectivity index (χ4v) is 3.07. The minimum atomic E-state index is -4.53. The van der Waals surface area contributed by atoms with Crippen LogP contribution in [0.25, 0.3) is 27.4 Å². The van der Waals surface area contributed by atoms with Crippen molar-refractivity contribution in [2.45, 2.75) is 13.1 Å². The van der Waals surface area contributed by atoms with Gasteiger partial charge in [0.2, 0.25) is 5.88 Å². The highest BCUT2D eigenvalue weighted by atomic mass is 19.4. The Morgan fingerprint density at radius 2 is 1.85 bits per heavy atom. The van der Waals surface area contributed by atoms with Gasteiger partial charge in [0.15, 0.2) is 5.69 Å². The summed E-state index contributed by atoms with van der Waals surface area (Å²) in [5.41, 5.74) is 1.82. The lowest BCUT2D eigenvalue weighted by atomic mass is 10.00. The highest BCUT2D eigenvalue weighted by Gasteiger charge is 2.34. The third-order valence-electron chi connectivity index (χ3n) is 4.36. The molecule has 0 aliphatic rings. The molecule has 0 bridgehead atoms. The van der Waals surface area contributed by atoms with Gasteiger partial charge in [-0.25, -0.2) is 0 Å². The summed E-state index contributed by atoms with van der Waals surface area (Å²) >= 11 is 0. The molecule has 0 N–H and O–H groups in total. The number of methoxy groups -OCH3 is 1. The second-order valence-electron chi connectivity index (χ2n) is 6.01. The van der Waals surface area contributed by atoms with Gasteiger partial charge in [-0.3, -0.25) is 4.98 Å². The van der Waals surface area contributed by atoms with Gasteiger partial charge >= 0.3 is 6.18 Å². The van der Waals surface area contributed by atoms with Crippen molar-refractivity contribution >= 4 is 16.3 Å². The van der Waals surface area contributed by atoms with E-state index in [1.165, 1.54) is 11.6 Å². The minimum absolute atomic E-state index is 0.236. The Kier molecular flexibility index (Phi) is 3.61. The summed E-state index contributed by atoms with van der Waals surface area (Å²) in [6.07, 6.45) is -1.01. The first kappa shape index (κ1) is 16.4. The van der Waals surface area contributed by atoms with Gasteiger partial charge in [-0.2, -0.15) is 22.8 Å². The topological polar surface area (TPSA) is 39.4 Å². The van der Waals surface area contributed by atoms with Crippen molar-refractivity contribution in [3.8, 4) is 17.0 Å². The maximum Gasteiger partial charge on any atom is 0.435 e. The molecule has 3 heterocycles. The van der Waals surface area contributed by atoms with E-state index in [2.05, 4.69) is 10.1 Å². The van der Waals surface area contributed by atoms with E-state index in [9.17, 15) is 13.2 Å². The molecule has 4 aromatic rings. The Morgan fingerprint density at radius 3 is 2.58 bits per heavy atom. The van der Waals surface area contributed by atoms with Crippen molar-refractivity contribution in [2.75, 3.05) is 7.11 Å². The van der Waals surface area contributed by atoms with E-state index in [0.717, 1.165) is 28.0 Å². The van der Waals surface area contributed by atoms with Crippen LogP contribution in [-0.4, -0.2) is 21.7 Å². The second-order valence-corrected chi connectivity index (χ2v) is 6.01. The summed E-state index contributed by atoms with van der Waals surface area (Å²) in [5.74, 6) is 0.236. The van der Waals surface area contributed by atoms with E-state index in [4.69, 9.17) is 4.74 Å². The van der Waals surface area contributed by atoms with Crippen LogP contribution in [0.1, 0.15) is 11.3 Å². The monoisotopic (exact) mass is 357 g/mol. The molecule has 3 aromatic heterocycles. The maximum atomic E-state index is 13.1. The van der Waals surface area contributed by atoms with Crippen LogP contribution in [0.5, 0.6) is 5.88 Å². The molecule has 4 rings (SSSR count). The average molecular weight is 357 g/mol. The smallest absolute Gasteiger partial charge is 0.435 e. The zero-order chi connectivity index (χ0) is 18.5. The largest absolute Gasteiger partial charge is 0.481 e. The van der Waals surface area contributed by atoms with Crippen LogP contribution >= 0.6 is 0 Å². The molecule has 132 valence electrons. The zero-order valence-electron chi connectivity index (χ0n) is 14.0. The fourth-order valence-electron chi connectivity index (χ4n) is 3.07. The normalized spacial score (nSPS) is 12.0. The highest BCUT2D eigenvalue weighted by molar-refractivity contribution is 5.92. The maximum absolute atomic E-state index is 13.1. The predicted octanol–water partition coefficient (Wildman–Crippen LogP) is 4.89. The summed E-state index contributed by atoms with van der Waals surface area (Å²) in [4.78, 5) is 4.16. The molecule has 0 atom stereocenters. The van der Waals surface area contributed by atoms with Crippen molar-refractivity contribution in [3.63, 3.8) is 0 Å². The Labute approximate surface area is 146 Å². The van der Waals surface area contributed by atoms with E-state index in [1.54, 1.807) is 24.5 Å². The first-order valence-corrected chi connectivity index (χ1v) is 7.87. The number of alkyl halides is 3. The number of fused-ring (bicyclic) bond motifs is 2. The molecule has 0 fully saturated rings. The molecule has 0 saturated heterocycles. The molecule has 0 amide bonds. The van der Waals surface area contributed by atoms with Gasteiger partial charge in [0.1, 0.15) is 0 Å². The molecule has 0 unspecified atom stereocenters. The minimum Gasteiger partial charge on any atom is -0.481 e. The van der Waals surface area contributed by atoms with Crippen molar-refractivity contribution in [1.29, 1.82) is 0 Å². The number of aromatic nitrogens is 3. The van der Waals surface area contributed by atoms with Gasteiger partial charge in [-0.1, -0.05) is 12.1 Å². The predicted molar refractivity (Wildman–Crippen MR) is 92.2 cm³/mol. The number of rotatable bonds is 2. The van der Waals surface area contributed by atoms with Crippen molar-refractivity contribution < 1.29 is 17.9 Å². The molecule has 0 aliphatic carbocycles. The summed E-state index contributed by atoms with van der Waals surface area (Å²) in [6, 6.07) is 10.1. The Morgan fingerprint density at radius 1 is 1.04 bits per heavy atom. The van der Waals surface area contributed by atoms with Crippen molar-refractivity contribution in [2.24, 2.45) is 0 Å². The van der Waals surface area contributed by atoms with Crippen LogP contribution in [0.2, 0.25) is 0 Å². The average Bonchev–Trinajstić information content (AvgIpc) is 3.07. The number of ether oxygens (including phenoxy) is 1. The third kappa shape index (κ3) is 2.56. The van der Waals surface area contributed by atoms with E-state index < -0.39 is 11.9 Å². The molecular weight excluding hydrogens is 343 g/mol. The summed E-state index contributed by atoms with van der Waals surface area (Å²) in [7, 11) is 1.40. The Balaban J connectivity index is 2.00. The molecule has 26 heavy (non-hydrogen) atoms. The lowest BCUT2D eigenvalue weighted by Gasteiger charge is -2.10. The van der Waals surface area contributed by atoms with Gasteiger partial charge in [0.25, 0.3) is 0 Å². The van der Waals surface area contributed by atoms with Crippen LogP contribution in [0.3, 0.4) is 0 Å². The number of hydrogen-bond acceptors (Lipinski definition) is 3. The summed E-state index contributed by atoms with van der Waals surface area (Å²) in [6.45, 7) is 1.95. The van der Waals surface area contributed by atoms with Gasteiger partial charge < -0.3 is 4.74 Å².